The number of amides is 3. The van der Waals surface area contributed by atoms with Crippen molar-refractivity contribution >= 4 is 58.0 Å². The van der Waals surface area contributed by atoms with Gasteiger partial charge in [-0.25, -0.2) is 4.79 Å². The zero-order valence-electron chi connectivity index (χ0n) is 23.6. The van der Waals surface area contributed by atoms with E-state index in [4.69, 9.17) is 4.74 Å². The number of carbonyl (C=O) groups is 3. The van der Waals surface area contributed by atoms with Crippen molar-refractivity contribution in [2.75, 3.05) is 31.5 Å². The van der Waals surface area contributed by atoms with Crippen LogP contribution in [0, 0.1) is 6.92 Å². The number of H-pyrrole nitrogens is 1. The maximum absolute atomic E-state index is 13.5. The van der Waals surface area contributed by atoms with E-state index in [2.05, 4.69) is 15.5 Å². The van der Waals surface area contributed by atoms with Gasteiger partial charge in [0.1, 0.15) is 5.60 Å². The summed E-state index contributed by atoms with van der Waals surface area (Å²) in [5.41, 5.74) is 3.74. The molecule has 0 atom stereocenters. The Bertz CT molecular complexity index is 1620. The highest BCUT2D eigenvalue weighted by atomic mass is 32.1. The predicted octanol–water partition coefficient (Wildman–Crippen LogP) is 6.05. The number of carbonyl (C=O) groups excluding carboxylic acids is 3. The molecule has 1 fully saturated rings. The number of fused-ring (bicyclic) bond motifs is 1. The Kier molecular flexibility index (Phi) is 7.94. The van der Waals surface area contributed by atoms with Gasteiger partial charge in [0.25, 0.3) is 11.8 Å². The summed E-state index contributed by atoms with van der Waals surface area (Å²) in [7, 11) is 0. The second-order valence-corrected chi connectivity index (χ2v) is 11.9. The van der Waals surface area contributed by atoms with Gasteiger partial charge in [-0.15, -0.1) is 11.3 Å². The van der Waals surface area contributed by atoms with Crippen LogP contribution in [0.1, 0.15) is 57.6 Å². The fraction of sp³-hybridized carbons (Fsp3) is 0.290. The van der Waals surface area contributed by atoms with Gasteiger partial charge in [0, 0.05) is 42.8 Å². The molecule has 1 aliphatic rings. The molecule has 2 aromatic heterocycles. The summed E-state index contributed by atoms with van der Waals surface area (Å²) in [6.45, 7) is 8.94. The van der Waals surface area contributed by atoms with Gasteiger partial charge >= 0.3 is 6.09 Å². The fourth-order valence-corrected chi connectivity index (χ4v) is 5.43. The average Bonchev–Trinajstić information content (AvgIpc) is 3.57. The van der Waals surface area contributed by atoms with Crippen molar-refractivity contribution in [3.05, 3.63) is 81.2 Å². The zero-order valence-corrected chi connectivity index (χ0v) is 24.4. The number of ether oxygens (including phenoxy) is 1. The third kappa shape index (κ3) is 6.49. The van der Waals surface area contributed by atoms with Crippen LogP contribution >= 0.6 is 11.3 Å². The largest absolute Gasteiger partial charge is 0.444 e. The maximum Gasteiger partial charge on any atom is 0.410 e. The summed E-state index contributed by atoms with van der Waals surface area (Å²) in [6, 6.07) is 15.1. The molecule has 2 aromatic carbocycles. The lowest BCUT2D eigenvalue weighted by Gasteiger charge is -2.35. The molecular weight excluding hydrogens is 538 g/mol. The first-order valence-electron chi connectivity index (χ1n) is 13.5. The summed E-state index contributed by atoms with van der Waals surface area (Å²) in [5, 5.41) is 13.3. The van der Waals surface area contributed by atoms with Crippen LogP contribution in [-0.2, 0) is 4.74 Å². The Morgan fingerprint density at radius 2 is 1.73 bits per heavy atom. The van der Waals surface area contributed by atoms with Crippen molar-refractivity contribution in [3.8, 4) is 0 Å². The van der Waals surface area contributed by atoms with E-state index in [1.54, 1.807) is 21.9 Å². The summed E-state index contributed by atoms with van der Waals surface area (Å²) >= 11 is 1.37. The molecule has 41 heavy (non-hydrogen) atoms. The number of benzene rings is 2. The SMILES string of the molecule is Cc1ccsc1C(=O)Nc1cc(C(=O)N2CCN(C(=O)OC(C)(C)C)CC2)ccc1C=Cc1n[nH]c2ccccc12. The van der Waals surface area contributed by atoms with Crippen LogP contribution in [0.25, 0.3) is 23.1 Å². The van der Waals surface area contributed by atoms with Crippen LogP contribution in [0.4, 0.5) is 10.5 Å². The van der Waals surface area contributed by atoms with Crippen LogP contribution in [0.5, 0.6) is 0 Å². The number of piperazine rings is 1. The number of hydrogen-bond acceptors (Lipinski definition) is 6. The molecule has 212 valence electrons. The van der Waals surface area contributed by atoms with Crippen molar-refractivity contribution < 1.29 is 19.1 Å². The second kappa shape index (κ2) is 11.6. The highest BCUT2D eigenvalue weighted by Gasteiger charge is 2.28. The van der Waals surface area contributed by atoms with Gasteiger partial charge in [-0.2, -0.15) is 5.10 Å². The van der Waals surface area contributed by atoms with E-state index >= 15 is 0 Å². The summed E-state index contributed by atoms with van der Waals surface area (Å²) in [4.78, 5) is 43.0. The molecule has 10 heteroatoms. The van der Waals surface area contributed by atoms with Gasteiger partial charge in [-0.3, -0.25) is 14.7 Å². The minimum Gasteiger partial charge on any atom is -0.444 e. The van der Waals surface area contributed by atoms with E-state index < -0.39 is 5.60 Å². The molecule has 0 radical (unpaired) electrons. The molecule has 0 aliphatic carbocycles. The highest BCUT2D eigenvalue weighted by molar-refractivity contribution is 7.12. The molecule has 9 nitrogen and oxygen atoms in total. The molecule has 0 bridgehead atoms. The van der Waals surface area contributed by atoms with Crippen LogP contribution < -0.4 is 5.32 Å². The number of anilines is 1. The van der Waals surface area contributed by atoms with Crippen molar-refractivity contribution in [2.24, 2.45) is 0 Å². The lowest BCUT2D eigenvalue weighted by molar-refractivity contribution is 0.0141. The lowest BCUT2D eigenvalue weighted by atomic mass is 10.1. The second-order valence-electron chi connectivity index (χ2n) is 10.9. The Labute approximate surface area is 242 Å². The topological polar surface area (TPSA) is 108 Å². The molecule has 0 saturated carbocycles. The van der Waals surface area contributed by atoms with E-state index in [0.29, 0.717) is 42.3 Å². The van der Waals surface area contributed by atoms with Gasteiger partial charge in [-0.05, 0) is 74.5 Å². The monoisotopic (exact) mass is 571 g/mol. The number of para-hydroxylation sites is 1. The normalized spacial score (nSPS) is 14.0. The van der Waals surface area contributed by atoms with E-state index in [1.807, 2.05) is 81.6 Å². The number of aryl methyl sites for hydroxylation is 1. The van der Waals surface area contributed by atoms with E-state index in [1.165, 1.54) is 11.3 Å². The smallest absolute Gasteiger partial charge is 0.410 e. The third-order valence-corrected chi connectivity index (χ3v) is 7.77. The van der Waals surface area contributed by atoms with Crippen molar-refractivity contribution in [1.82, 2.24) is 20.0 Å². The fourth-order valence-electron chi connectivity index (χ4n) is 4.61. The number of hydrogen-bond donors (Lipinski definition) is 2. The molecule has 1 saturated heterocycles. The quantitative estimate of drug-likeness (QED) is 0.303. The third-order valence-electron chi connectivity index (χ3n) is 6.76. The Morgan fingerprint density at radius 3 is 2.44 bits per heavy atom. The minimum atomic E-state index is -0.576. The Balaban J connectivity index is 1.37. The van der Waals surface area contributed by atoms with Crippen LogP contribution in [0.2, 0.25) is 0 Å². The molecule has 3 amide bonds. The number of nitrogens with one attached hydrogen (secondary N) is 2. The van der Waals surface area contributed by atoms with Crippen LogP contribution in [0.3, 0.4) is 0 Å². The molecule has 4 aromatic rings. The number of aromatic nitrogens is 2. The molecular formula is C31H33N5O4S. The number of nitrogens with zero attached hydrogens (tertiary/aromatic N) is 3. The first-order valence-corrected chi connectivity index (χ1v) is 14.3. The number of rotatable bonds is 5. The molecule has 0 spiro atoms. The Hall–Kier alpha value is -4.44. The van der Waals surface area contributed by atoms with Gasteiger partial charge in [0.15, 0.2) is 0 Å². The van der Waals surface area contributed by atoms with E-state index in [0.717, 1.165) is 27.7 Å². The highest BCUT2D eigenvalue weighted by Crippen LogP contribution is 2.26. The summed E-state index contributed by atoms with van der Waals surface area (Å²) in [5.74, 6) is -0.390. The predicted molar refractivity (Wildman–Crippen MR) is 162 cm³/mol. The molecule has 2 N–H and O–H groups in total. The number of aromatic amines is 1. The molecule has 0 unspecified atom stereocenters. The number of thiophene rings is 1. The molecule has 3 heterocycles. The minimum absolute atomic E-state index is 0.162. The first-order chi connectivity index (χ1) is 19.6. The van der Waals surface area contributed by atoms with Crippen molar-refractivity contribution in [3.63, 3.8) is 0 Å². The van der Waals surface area contributed by atoms with E-state index in [-0.39, 0.29) is 17.9 Å². The van der Waals surface area contributed by atoms with E-state index in [9.17, 15) is 14.4 Å². The van der Waals surface area contributed by atoms with Gasteiger partial charge in [0.05, 0.1) is 16.1 Å². The molecule has 5 rings (SSSR count). The van der Waals surface area contributed by atoms with Gasteiger partial charge in [-0.1, -0.05) is 30.3 Å². The van der Waals surface area contributed by atoms with Crippen LogP contribution in [0.15, 0.2) is 53.9 Å². The van der Waals surface area contributed by atoms with Gasteiger partial charge in [0.2, 0.25) is 0 Å². The van der Waals surface area contributed by atoms with Gasteiger partial charge < -0.3 is 19.9 Å². The summed E-state index contributed by atoms with van der Waals surface area (Å²) < 4.78 is 5.47. The summed E-state index contributed by atoms with van der Waals surface area (Å²) in [6.07, 6.45) is 3.39. The lowest BCUT2D eigenvalue weighted by Crippen LogP contribution is -2.51. The zero-order chi connectivity index (χ0) is 29.1. The molecule has 1 aliphatic heterocycles. The van der Waals surface area contributed by atoms with Crippen LogP contribution in [-0.4, -0.2) is 69.7 Å². The standard InChI is InChI=1S/C31H33N5O4S/c1-20-13-18-41-27(20)28(37)32-26-19-22(29(38)35-14-16-36(17-15-35)30(39)40-31(2,3)4)10-9-21(26)11-12-25-23-7-5-6-8-24(23)33-34-25/h5-13,18-19H,14-17H2,1-4H3,(H,32,37)(H,33,34). The Morgan fingerprint density at radius 1 is 1.00 bits per heavy atom. The first kappa shape index (κ1) is 28.1. The van der Waals surface area contributed by atoms with Crippen molar-refractivity contribution in [1.29, 1.82) is 0 Å². The maximum atomic E-state index is 13.5. The average molecular weight is 572 g/mol. The van der Waals surface area contributed by atoms with Crippen molar-refractivity contribution in [2.45, 2.75) is 33.3 Å².